The van der Waals surface area contributed by atoms with Gasteiger partial charge in [0.1, 0.15) is 12.4 Å². The number of carbonyl (C=O) groups excluding carboxylic acids is 2. The van der Waals surface area contributed by atoms with Gasteiger partial charge in [0.15, 0.2) is 0 Å². The lowest BCUT2D eigenvalue weighted by Crippen LogP contribution is -2.07. The summed E-state index contributed by atoms with van der Waals surface area (Å²) < 4.78 is 5.86. The molecule has 5 heteroatoms. The van der Waals surface area contributed by atoms with E-state index in [4.69, 9.17) is 16.3 Å². The lowest BCUT2D eigenvalue weighted by atomic mass is 10.1. The molecule has 116 valence electrons. The molecule has 0 aliphatic rings. The normalized spacial score (nSPS) is 10.7. The molecule has 4 nitrogen and oxygen atoms in total. The molecule has 0 fully saturated rings. The minimum Gasteiger partial charge on any atom is -0.488 e. The maximum atomic E-state index is 12.0. The summed E-state index contributed by atoms with van der Waals surface area (Å²) in [4.78, 5) is 26.2. The van der Waals surface area contributed by atoms with Crippen molar-refractivity contribution in [3.05, 3.63) is 65.4 Å². The Kier molecular flexibility index (Phi) is 4.17. The van der Waals surface area contributed by atoms with Crippen LogP contribution in [0.1, 0.15) is 21.5 Å². The van der Waals surface area contributed by atoms with E-state index in [-0.39, 0.29) is 5.56 Å². The number of carbonyl (C=O) groups is 2. The second-order valence-electron chi connectivity index (χ2n) is 5.21. The number of benzene rings is 2. The van der Waals surface area contributed by atoms with E-state index in [0.717, 1.165) is 16.6 Å². The number of Topliss-reactive ketones (excluding diaryl/α,β-unsaturated/α-hetero) is 1. The number of H-pyrrole nitrogens is 1. The molecule has 0 saturated heterocycles. The fraction of sp³-hybridized carbons (Fsp3) is 0.111. The molecule has 0 spiro atoms. The number of hydrogen-bond acceptors (Lipinski definition) is 3. The molecule has 0 aliphatic carbocycles. The summed E-state index contributed by atoms with van der Waals surface area (Å²) >= 11 is 5.34. The van der Waals surface area contributed by atoms with Crippen LogP contribution in [0.5, 0.6) is 5.75 Å². The van der Waals surface area contributed by atoms with Gasteiger partial charge in [-0.15, -0.1) is 0 Å². The van der Waals surface area contributed by atoms with Crippen LogP contribution in [0, 0.1) is 6.92 Å². The van der Waals surface area contributed by atoms with E-state index in [2.05, 4.69) is 4.98 Å². The number of hydrogen-bond donors (Lipinski definition) is 1. The fourth-order valence-corrected chi connectivity index (χ4v) is 2.60. The van der Waals surface area contributed by atoms with E-state index < -0.39 is 11.0 Å². The zero-order valence-corrected chi connectivity index (χ0v) is 13.2. The smallest absolute Gasteiger partial charge is 0.293 e. The van der Waals surface area contributed by atoms with Crippen molar-refractivity contribution in [2.45, 2.75) is 13.5 Å². The van der Waals surface area contributed by atoms with Gasteiger partial charge in [0.25, 0.3) is 5.24 Å². The average Bonchev–Trinajstić information content (AvgIpc) is 3.00. The highest BCUT2D eigenvalue weighted by molar-refractivity contribution is 6.83. The second-order valence-corrected chi connectivity index (χ2v) is 5.55. The predicted octanol–water partition coefficient (Wildman–Crippen LogP) is 4.00. The Morgan fingerprint density at radius 1 is 1.13 bits per heavy atom. The molecule has 3 rings (SSSR count). The van der Waals surface area contributed by atoms with Gasteiger partial charge in [0.2, 0.25) is 5.78 Å². The first-order chi connectivity index (χ1) is 11.1. The van der Waals surface area contributed by atoms with E-state index in [9.17, 15) is 9.59 Å². The van der Waals surface area contributed by atoms with Crippen molar-refractivity contribution in [3.8, 4) is 5.75 Å². The Hall–Kier alpha value is -2.59. The van der Waals surface area contributed by atoms with Crippen LogP contribution in [0.25, 0.3) is 10.9 Å². The maximum absolute atomic E-state index is 12.0. The molecule has 1 aromatic heterocycles. The summed E-state index contributed by atoms with van der Waals surface area (Å²) in [6.07, 6.45) is 1.50. The quantitative estimate of drug-likeness (QED) is 0.437. The van der Waals surface area contributed by atoms with Gasteiger partial charge < -0.3 is 9.72 Å². The Balaban J connectivity index is 2.02. The van der Waals surface area contributed by atoms with Crippen molar-refractivity contribution >= 4 is 33.5 Å². The van der Waals surface area contributed by atoms with Crippen LogP contribution in [0.15, 0.2) is 48.7 Å². The number of aryl methyl sites for hydroxylation is 1. The van der Waals surface area contributed by atoms with Crippen molar-refractivity contribution in [1.29, 1.82) is 0 Å². The molecule has 0 radical (unpaired) electrons. The highest BCUT2D eigenvalue weighted by Crippen LogP contribution is 2.32. The molecular formula is C18H14ClNO3. The maximum Gasteiger partial charge on any atom is 0.293 e. The van der Waals surface area contributed by atoms with Gasteiger partial charge >= 0.3 is 0 Å². The van der Waals surface area contributed by atoms with Crippen LogP contribution in [-0.2, 0) is 11.4 Å². The minimum atomic E-state index is -1.01. The Labute approximate surface area is 138 Å². The van der Waals surface area contributed by atoms with Crippen molar-refractivity contribution in [2.24, 2.45) is 0 Å². The molecule has 0 bridgehead atoms. The number of fused-ring (bicyclic) bond motifs is 1. The monoisotopic (exact) mass is 327 g/mol. The van der Waals surface area contributed by atoms with Gasteiger partial charge in [-0.2, -0.15) is 0 Å². The van der Waals surface area contributed by atoms with E-state index in [1.54, 1.807) is 6.07 Å². The highest BCUT2D eigenvalue weighted by Gasteiger charge is 2.21. The molecule has 0 saturated carbocycles. The first-order valence-corrected chi connectivity index (χ1v) is 7.47. The van der Waals surface area contributed by atoms with Crippen LogP contribution in [0.4, 0.5) is 0 Å². The molecule has 23 heavy (non-hydrogen) atoms. The third-order valence-electron chi connectivity index (χ3n) is 3.67. The summed E-state index contributed by atoms with van der Waals surface area (Å²) in [7, 11) is 0. The molecule has 3 aromatic rings. The lowest BCUT2D eigenvalue weighted by molar-refractivity contribution is -0.108. The molecule has 1 N–H and O–H groups in total. The van der Waals surface area contributed by atoms with Gasteiger partial charge in [-0.3, -0.25) is 9.59 Å². The summed E-state index contributed by atoms with van der Waals surface area (Å²) in [6, 6.07) is 13.4. The van der Waals surface area contributed by atoms with Crippen LogP contribution in [0.2, 0.25) is 0 Å². The molecule has 0 unspecified atom stereocenters. The van der Waals surface area contributed by atoms with Crippen molar-refractivity contribution in [3.63, 3.8) is 0 Å². The molecular weight excluding hydrogens is 314 g/mol. The summed E-state index contributed by atoms with van der Waals surface area (Å²) in [5.41, 5.74) is 2.95. The molecule has 0 aliphatic heterocycles. The Morgan fingerprint density at radius 3 is 2.57 bits per heavy atom. The fourth-order valence-electron chi connectivity index (χ4n) is 2.50. The second kappa shape index (κ2) is 6.26. The number of aromatic nitrogens is 1. The lowest BCUT2D eigenvalue weighted by Gasteiger charge is -2.10. The molecule has 0 amide bonds. The van der Waals surface area contributed by atoms with Crippen molar-refractivity contribution < 1.29 is 14.3 Å². The number of halogens is 1. The van der Waals surface area contributed by atoms with Crippen LogP contribution < -0.4 is 4.74 Å². The van der Waals surface area contributed by atoms with E-state index in [1.807, 2.05) is 43.3 Å². The van der Waals surface area contributed by atoms with Gasteiger partial charge in [-0.1, -0.05) is 36.4 Å². The third kappa shape index (κ3) is 2.98. The van der Waals surface area contributed by atoms with E-state index in [0.29, 0.717) is 17.7 Å². The Morgan fingerprint density at radius 2 is 1.87 bits per heavy atom. The number of nitrogens with one attached hydrogen (secondary N) is 1. The van der Waals surface area contributed by atoms with Crippen LogP contribution in [0.3, 0.4) is 0 Å². The summed E-state index contributed by atoms with van der Waals surface area (Å²) in [6.45, 7) is 2.28. The van der Waals surface area contributed by atoms with Crippen molar-refractivity contribution in [2.75, 3.05) is 0 Å². The average molecular weight is 328 g/mol. The zero-order chi connectivity index (χ0) is 16.4. The third-order valence-corrected chi connectivity index (χ3v) is 3.84. The largest absolute Gasteiger partial charge is 0.488 e. The van der Waals surface area contributed by atoms with Gasteiger partial charge in [-0.05, 0) is 35.7 Å². The van der Waals surface area contributed by atoms with Gasteiger partial charge in [-0.25, -0.2) is 0 Å². The zero-order valence-electron chi connectivity index (χ0n) is 12.4. The highest BCUT2D eigenvalue weighted by atomic mass is 35.5. The number of rotatable bonds is 5. The molecule has 0 atom stereocenters. The van der Waals surface area contributed by atoms with Crippen LogP contribution >= 0.6 is 11.6 Å². The standard InChI is InChI=1S/C18H14ClNO3/c1-11-7-8-14(23-10-12-5-3-2-4-6-12)15-13(9-20-16(11)15)17(21)18(19)22/h2-9,20H,10H2,1H3. The van der Waals surface area contributed by atoms with Crippen molar-refractivity contribution in [1.82, 2.24) is 4.98 Å². The van der Waals surface area contributed by atoms with Gasteiger partial charge in [0.05, 0.1) is 16.5 Å². The Bertz CT molecular complexity index is 884. The number of ether oxygens (including phenoxy) is 1. The van der Waals surface area contributed by atoms with E-state index >= 15 is 0 Å². The summed E-state index contributed by atoms with van der Waals surface area (Å²) in [5, 5.41) is -0.429. The van der Waals surface area contributed by atoms with Crippen LogP contribution in [-0.4, -0.2) is 16.0 Å². The molecule has 1 heterocycles. The SMILES string of the molecule is Cc1ccc(OCc2ccccc2)c2c(C(=O)C(=O)Cl)c[nH]c12. The minimum absolute atomic E-state index is 0.228. The summed E-state index contributed by atoms with van der Waals surface area (Å²) in [5.74, 6) is -0.204. The number of aromatic amines is 1. The predicted molar refractivity (Wildman–Crippen MR) is 89.0 cm³/mol. The van der Waals surface area contributed by atoms with Gasteiger partial charge in [0, 0.05) is 6.20 Å². The first-order valence-electron chi connectivity index (χ1n) is 7.09. The first kappa shape index (κ1) is 15.3. The van der Waals surface area contributed by atoms with E-state index in [1.165, 1.54) is 6.20 Å². The number of ketones is 1. The topological polar surface area (TPSA) is 59.2 Å². The molecule has 2 aromatic carbocycles.